The molecule has 1 aliphatic heterocycles. The van der Waals surface area contributed by atoms with Crippen molar-refractivity contribution in [1.29, 1.82) is 0 Å². The number of fused-ring (bicyclic) bond motifs is 3. The molecule has 1 saturated heterocycles. The van der Waals surface area contributed by atoms with Crippen molar-refractivity contribution in [2.75, 3.05) is 38.7 Å². The second kappa shape index (κ2) is 11.0. The molecule has 0 unspecified atom stereocenters. The SMILES string of the molecule is COc1cc(C(=O)N2CCOCC2)ccc1Nc1ncc2c(n1)-c1c(nn(C)c1-c1ccc(-c3cnn(C)c3)cc1)CC2. The fourth-order valence-electron chi connectivity index (χ4n) is 5.84. The number of nitrogens with zero attached hydrogens (tertiary/aromatic N) is 7. The highest BCUT2D eigenvalue weighted by Gasteiger charge is 2.27. The molecule has 2 aliphatic rings. The van der Waals surface area contributed by atoms with E-state index in [1.165, 1.54) is 0 Å². The molecule has 0 radical (unpaired) electrons. The van der Waals surface area contributed by atoms with Gasteiger partial charge in [-0.1, -0.05) is 24.3 Å². The first-order chi connectivity index (χ1) is 21.0. The highest BCUT2D eigenvalue weighted by Crippen LogP contribution is 2.40. The maximum Gasteiger partial charge on any atom is 0.254 e. The standard InChI is InChI=1S/C32H32N8O3/c1-38-19-24(18-34-38)20-4-6-21(7-5-20)30-28-26(37-39(30)2)11-9-23-17-33-32(36-29(23)28)35-25-10-8-22(16-27(25)42-3)31(41)40-12-14-43-15-13-40/h4-8,10,16-19H,9,11-15H2,1-3H3,(H,33,35,36). The van der Waals surface area contributed by atoms with Crippen molar-refractivity contribution in [2.45, 2.75) is 12.8 Å². The Morgan fingerprint density at radius 3 is 2.51 bits per heavy atom. The van der Waals surface area contributed by atoms with Crippen LogP contribution >= 0.6 is 0 Å². The fourth-order valence-corrected chi connectivity index (χ4v) is 5.84. The third kappa shape index (κ3) is 5.01. The lowest BCUT2D eigenvalue weighted by molar-refractivity contribution is 0.0302. The number of rotatable bonds is 6. The summed E-state index contributed by atoms with van der Waals surface area (Å²) in [6, 6.07) is 13.9. The van der Waals surface area contributed by atoms with Crippen molar-refractivity contribution < 1.29 is 14.3 Å². The molecule has 3 aromatic heterocycles. The van der Waals surface area contributed by atoms with Crippen LogP contribution in [0.3, 0.4) is 0 Å². The van der Waals surface area contributed by atoms with Crippen LogP contribution in [0.2, 0.25) is 0 Å². The average molecular weight is 577 g/mol. The van der Waals surface area contributed by atoms with Crippen LogP contribution in [-0.2, 0) is 31.7 Å². The largest absolute Gasteiger partial charge is 0.495 e. The summed E-state index contributed by atoms with van der Waals surface area (Å²) >= 11 is 0. The first-order valence-electron chi connectivity index (χ1n) is 14.3. The Balaban J connectivity index is 1.20. The molecule has 7 rings (SSSR count). The smallest absolute Gasteiger partial charge is 0.254 e. The number of amides is 1. The van der Waals surface area contributed by atoms with Gasteiger partial charge in [-0.15, -0.1) is 0 Å². The number of benzene rings is 2. The van der Waals surface area contributed by atoms with Gasteiger partial charge in [-0.05, 0) is 42.2 Å². The summed E-state index contributed by atoms with van der Waals surface area (Å²) in [4.78, 5) is 24.4. The number of carbonyl (C=O) groups is 1. The predicted octanol–water partition coefficient (Wildman–Crippen LogP) is 4.27. The van der Waals surface area contributed by atoms with Crippen LogP contribution in [0.1, 0.15) is 21.6 Å². The molecule has 11 heteroatoms. The molecule has 0 saturated carbocycles. The van der Waals surface area contributed by atoms with Crippen molar-refractivity contribution in [1.82, 2.24) is 34.4 Å². The van der Waals surface area contributed by atoms with Gasteiger partial charge in [0.05, 0.1) is 49.3 Å². The molecule has 2 aromatic carbocycles. The van der Waals surface area contributed by atoms with E-state index < -0.39 is 0 Å². The van der Waals surface area contributed by atoms with Gasteiger partial charge in [0.25, 0.3) is 5.91 Å². The highest BCUT2D eigenvalue weighted by atomic mass is 16.5. The first kappa shape index (κ1) is 26.8. The van der Waals surface area contributed by atoms with E-state index in [1.54, 1.807) is 28.8 Å². The Labute approximate surface area is 249 Å². The summed E-state index contributed by atoms with van der Waals surface area (Å²) in [6.07, 6.45) is 7.41. The minimum atomic E-state index is -0.0386. The average Bonchev–Trinajstić information content (AvgIpc) is 3.63. The summed E-state index contributed by atoms with van der Waals surface area (Å²) in [5.41, 5.74) is 9.50. The molecule has 4 heterocycles. The molecular weight excluding hydrogens is 544 g/mol. The van der Waals surface area contributed by atoms with Crippen LogP contribution < -0.4 is 10.1 Å². The normalized spacial score (nSPS) is 14.3. The zero-order valence-electron chi connectivity index (χ0n) is 24.4. The third-order valence-electron chi connectivity index (χ3n) is 8.04. The van der Waals surface area contributed by atoms with E-state index in [4.69, 9.17) is 19.6 Å². The van der Waals surface area contributed by atoms with E-state index in [2.05, 4.69) is 39.7 Å². The van der Waals surface area contributed by atoms with Crippen LogP contribution in [0.5, 0.6) is 5.75 Å². The predicted molar refractivity (Wildman–Crippen MR) is 162 cm³/mol. The van der Waals surface area contributed by atoms with Gasteiger partial charge in [0.2, 0.25) is 5.95 Å². The van der Waals surface area contributed by atoms with Crippen molar-refractivity contribution in [3.63, 3.8) is 0 Å². The van der Waals surface area contributed by atoms with E-state index in [1.807, 2.05) is 43.4 Å². The first-order valence-corrected chi connectivity index (χ1v) is 14.3. The quantitative estimate of drug-likeness (QED) is 0.319. The Morgan fingerprint density at radius 1 is 0.977 bits per heavy atom. The molecule has 1 N–H and O–H groups in total. The Morgan fingerprint density at radius 2 is 1.77 bits per heavy atom. The summed E-state index contributed by atoms with van der Waals surface area (Å²) in [7, 11) is 5.49. The topological polar surface area (TPSA) is 112 Å². The summed E-state index contributed by atoms with van der Waals surface area (Å²) in [5, 5.41) is 12.5. The van der Waals surface area contributed by atoms with Crippen LogP contribution in [0.25, 0.3) is 33.6 Å². The van der Waals surface area contributed by atoms with Gasteiger partial charge in [-0.2, -0.15) is 10.2 Å². The zero-order valence-corrected chi connectivity index (χ0v) is 24.4. The summed E-state index contributed by atoms with van der Waals surface area (Å²) < 4.78 is 14.8. The molecule has 0 spiro atoms. The summed E-state index contributed by atoms with van der Waals surface area (Å²) in [6.45, 7) is 2.26. The van der Waals surface area contributed by atoms with Crippen molar-refractivity contribution >= 4 is 17.5 Å². The lowest BCUT2D eigenvalue weighted by Crippen LogP contribution is -2.40. The molecule has 0 atom stereocenters. The lowest BCUT2D eigenvalue weighted by atomic mass is 9.91. The Bertz CT molecular complexity index is 1820. The highest BCUT2D eigenvalue weighted by molar-refractivity contribution is 5.95. The monoisotopic (exact) mass is 576 g/mol. The number of aryl methyl sites for hydroxylation is 4. The van der Waals surface area contributed by atoms with Crippen LogP contribution in [0.4, 0.5) is 11.6 Å². The van der Waals surface area contributed by atoms with E-state index in [9.17, 15) is 4.79 Å². The number of anilines is 2. The van der Waals surface area contributed by atoms with Gasteiger partial charge in [-0.3, -0.25) is 14.2 Å². The molecule has 0 bridgehead atoms. The van der Waals surface area contributed by atoms with E-state index in [0.717, 1.165) is 57.7 Å². The molecule has 5 aromatic rings. The fraction of sp³-hybridized carbons (Fsp3) is 0.281. The Hall–Kier alpha value is -5.03. The van der Waals surface area contributed by atoms with Crippen LogP contribution in [-0.4, -0.2) is 73.7 Å². The molecule has 1 aliphatic carbocycles. The second-order valence-corrected chi connectivity index (χ2v) is 10.8. The van der Waals surface area contributed by atoms with Crippen molar-refractivity contribution in [2.24, 2.45) is 14.1 Å². The number of aromatic nitrogens is 6. The third-order valence-corrected chi connectivity index (χ3v) is 8.04. The minimum absolute atomic E-state index is 0.0386. The number of nitrogens with one attached hydrogen (secondary N) is 1. The molecule has 1 fully saturated rings. The van der Waals surface area contributed by atoms with Gasteiger partial charge >= 0.3 is 0 Å². The number of morpholine rings is 1. The van der Waals surface area contributed by atoms with E-state index in [0.29, 0.717) is 49.3 Å². The van der Waals surface area contributed by atoms with Gasteiger partial charge in [0.15, 0.2) is 0 Å². The van der Waals surface area contributed by atoms with Gasteiger partial charge < -0.3 is 19.7 Å². The van der Waals surface area contributed by atoms with Crippen molar-refractivity contribution in [3.05, 3.63) is 77.9 Å². The van der Waals surface area contributed by atoms with Gasteiger partial charge in [-0.25, -0.2) is 9.97 Å². The summed E-state index contributed by atoms with van der Waals surface area (Å²) in [5.74, 6) is 0.944. The van der Waals surface area contributed by atoms with Gasteiger partial charge in [0.1, 0.15) is 5.75 Å². The van der Waals surface area contributed by atoms with Crippen molar-refractivity contribution in [3.8, 4) is 39.4 Å². The number of hydrogen-bond acceptors (Lipinski definition) is 8. The molecule has 1 amide bonds. The zero-order chi connectivity index (χ0) is 29.5. The molecular formula is C32H32N8O3. The number of ether oxygens (including phenoxy) is 2. The molecule has 43 heavy (non-hydrogen) atoms. The molecule has 218 valence electrons. The van der Waals surface area contributed by atoms with Gasteiger partial charge in [0, 0.05) is 61.8 Å². The van der Waals surface area contributed by atoms with Crippen LogP contribution in [0.15, 0.2) is 61.1 Å². The Kier molecular flexibility index (Phi) is 6.86. The minimum Gasteiger partial charge on any atom is -0.495 e. The number of hydrogen-bond donors (Lipinski definition) is 1. The molecule has 11 nitrogen and oxygen atoms in total. The maximum atomic E-state index is 13.0. The number of carbonyl (C=O) groups excluding carboxylic acids is 1. The lowest BCUT2D eigenvalue weighted by Gasteiger charge is -2.27. The van der Waals surface area contributed by atoms with Crippen LogP contribution in [0, 0.1) is 0 Å². The maximum absolute atomic E-state index is 13.0. The van der Waals surface area contributed by atoms with E-state index in [-0.39, 0.29) is 5.91 Å². The number of methoxy groups -OCH3 is 1. The van der Waals surface area contributed by atoms with E-state index >= 15 is 0 Å². The second-order valence-electron chi connectivity index (χ2n) is 10.8.